The van der Waals surface area contributed by atoms with E-state index < -0.39 is 0 Å². The van der Waals surface area contributed by atoms with Crippen molar-refractivity contribution in [2.75, 3.05) is 13.7 Å². The summed E-state index contributed by atoms with van der Waals surface area (Å²) in [7, 11) is 1.69. The molecule has 0 aromatic heterocycles. The predicted octanol–water partition coefficient (Wildman–Crippen LogP) is 2.49. The van der Waals surface area contributed by atoms with Gasteiger partial charge in [0.1, 0.15) is 5.75 Å². The molecule has 2 aromatic carbocycles. The lowest BCUT2D eigenvalue weighted by Gasteiger charge is -2.08. The lowest BCUT2D eigenvalue weighted by molar-refractivity contribution is 0.414. The topological polar surface area (TPSA) is 47.3 Å². The van der Waals surface area contributed by atoms with Crippen molar-refractivity contribution in [3.8, 4) is 5.75 Å². The summed E-state index contributed by atoms with van der Waals surface area (Å²) in [6.07, 6.45) is 0.934. The number of ether oxygens (including phenoxy) is 1. The molecule has 3 N–H and O–H groups in total. The van der Waals surface area contributed by atoms with Crippen molar-refractivity contribution in [2.24, 2.45) is 5.73 Å². The summed E-state index contributed by atoms with van der Waals surface area (Å²) in [5, 5.41) is 3.45. The summed E-state index contributed by atoms with van der Waals surface area (Å²) in [6.45, 7) is 2.38. The monoisotopic (exact) mass is 270 g/mol. The molecule has 0 amide bonds. The zero-order valence-corrected chi connectivity index (χ0v) is 11.9. The van der Waals surface area contributed by atoms with Gasteiger partial charge >= 0.3 is 0 Å². The highest BCUT2D eigenvalue weighted by atomic mass is 16.5. The van der Waals surface area contributed by atoms with E-state index in [1.54, 1.807) is 7.11 Å². The van der Waals surface area contributed by atoms with Gasteiger partial charge in [0.05, 0.1) is 7.11 Å². The van der Waals surface area contributed by atoms with Crippen LogP contribution in [-0.4, -0.2) is 13.7 Å². The minimum atomic E-state index is 0.695. The molecule has 0 heterocycles. The smallest absolute Gasteiger partial charge is 0.119 e. The van der Waals surface area contributed by atoms with Crippen LogP contribution in [0, 0.1) is 0 Å². The lowest BCUT2D eigenvalue weighted by Crippen LogP contribution is -2.13. The van der Waals surface area contributed by atoms with Crippen molar-refractivity contribution in [1.82, 2.24) is 5.32 Å². The molecule has 0 spiro atoms. The summed E-state index contributed by atoms with van der Waals surface area (Å²) in [4.78, 5) is 0. The molecule has 0 radical (unpaired) electrons. The van der Waals surface area contributed by atoms with E-state index in [0.29, 0.717) is 6.54 Å². The minimum Gasteiger partial charge on any atom is -0.497 e. The molecule has 0 saturated carbocycles. The van der Waals surface area contributed by atoms with E-state index in [1.165, 1.54) is 16.7 Å². The fourth-order valence-electron chi connectivity index (χ4n) is 2.20. The largest absolute Gasteiger partial charge is 0.497 e. The number of nitrogens with one attached hydrogen (secondary N) is 1. The van der Waals surface area contributed by atoms with Crippen LogP contribution in [0.4, 0.5) is 0 Å². The SMILES string of the molecule is COc1cccc(CNCc2cccc(CCN)c2)c1. The first-order valence-corrected chi connectivity index (χ1v) is 6.93. The summed E-state index contributed by atoms with van der Waals surface area (Å²) in [6, 6.07) is 16.7. The molecule has 0 atom stereocenters. The summed E-state index contributed by atoms with van der Waals surface area (Å²) < 4.78 is 5.22. The van der Waals surface area contributed by atoms with E-state index in [9.17, 15) is 0 Å². The third kappa shape index (κ3) is 4.37. The molecule has 0 fully saturated rings. The Hall–Kier alpha value is -1.84. The van der Waals surface area contributed by atoms with Gasteiger partial charge in [-0.15, -0.1) is 0 Å². The molecule has 3 heteroatoms. The maximum absolute atomic E-state index is 5.59. The zero-order valence-electron chi connectivity index (χ0n) is 11.9. The van der Waals surface area contributed by atoms with Crippen molar-refractivity contribution < 1.29 is 4.74 Å². The number of hydrogen-bond donors (Lipinski definition) is 2. The van der Waals surface area contributed by atoms with Gasteiger partial charge in [-0.2, -0.15) is 0 Å². The van der Waals surface area contributed by atoms with E-state index in [1.807, 2.05) is 12.1 Å². The minimum absolute atomic E-state index is 0.695. The average Bonchev–Trinajstić information content (AvgIpc) is 2.48. The Kier molecular flexibility index (Phi) is 5.59. The quantitative estimate of drug-likeness (QED) is 0.812. The van der Waals surface area contributed by atoms with E-state index in [2.05, 4.69) is 41.7 Å². The molecule has 2 aromatic rings. The Balaban J connectivity index is 1.87. The van der Waals surface area contributed by atoms with Gasteiger partial charge in [0.15, 0.2) is 0 Å². The molecule has 0 aliphatic heterocycles. The molecule has 106 valence electrons. The molecule has 0 aliphatic rings. The zero-order chi connectivity index (χ0) is 14.2. The van der Waals surface area contributed by atoms with Crippen LogP contribution in [0.3, 0.4) is 0 Å². The van der Waals surface area contributed by atoms with E-state index in [4.69, 9.17) is 10.5 Å². The molecule has 0 bridgehead atoms. The van der Waals surface area contributed by atoms with Crippen molar-refractivity contribution in [2.45, 2.75) is 19.5 Å². The highest BCUT2D eigenvalue weighted by Gasteiger charge is 1.98. The van der Waals surface area contributed by atoms with Crippen LogP contribution in [0.15, 0.2) is 48.5 Å². The molecule has 3 nitrogen and oxygen atoms in total. The van der Waals surface area contributed by atoms with Gasteiger partial charge < -0.3 is 15.8 Å². The summed E-state index contributed by atoms with van der Waals surface area (Å²) in [5.41, 5.74) is 9.40. The first-order valence-electron chi connectivity index (χ1n) is 6.93. The van der Waals surface area contributed by atoms with E-state index in [-0.39, 0.29) is 0 Å². The third-order valence-electron chi connectivity index (χ3n) is 3.22. The second-order valence-corrected chi connectivity index (χ2v) is 4.81. The molecular weight excluding hydrogens is 248 g/mol. The van der Waals surface area contributed by atoms with Crippen molar-refractivity contribution in [3.63, 3.8) is 0 Å². The fraction of sp³-hybridized carbons (Fsp3) is 0.294. The standard InChI is InChI=1S/C17H22N2O/c1-20-17-7-3-6-16(11-17)13-19-12-15-5-2-4-14(10-15)8-9-18/h2-7,10-11,19H,8-9,12-13,18H2,1H3. The third-order valence-corrected chi connectivity index (χ3v) is 3.22. The second kappa shape index (κ2) is 7.68. The van der Waals surface area contributed by atoms with Gasteiger partial charge in [-0.3, -0.25) is 0 Å². The van der Waals surface area contributed by atoms with Crippen LogP contribution >= 0.6 is 0 Å². The number of nitrogens with two attached hydrogens (primary N) is 1. The van der Waals surface area contributed by atoms with Gasteiger partial charge in [-0.1, -0.05) is 36.4 Å². The van der Waals surface area contributed by atoms with Crippen LogP contribution in [-0.2, 0) is 19.5 Å². The summed E-state index contributed by atoms with van der Waals surface area (Å²) in [5.74, 6) is 0.897. The van der Waals surface area contributed by atoms with Crippen LogP contribution in [0.25, 0.3) is 0 Å². The molecule has 0 saturated heterocycles. The normalized spacial score (nSPS) is 10.5. The van der Waals surface area contributed by atoms with Gasteiger partial charge in [-0.25, -0.2) is 0 Å². The predicted molar refractivity (Wildman–Crippen MR) is 82.7 cm³/mol. The number of benzene rings is 2. The maximum Gasteiger partial charge on any atom is 0.119 e. The Bertz CT molecular complexity index is 540. The van der Waals surface area contributed by atoms with Crippen LogP contribution in [0.1, 0.15) is 16.7 Å². The fourth-order valence-corrected chi connectivity index (χ4v) is 2.20. The highest BCUT2D eigenvalue weighted by Crippen LogP contribution is 2.12. The van der Waals surface area contributed by atoms with E-state index in [0.717, 1.165) is 25.3 Å². The van der Waals surface area contributed by atoms with Crippen LogP contribution < -0.4 is 15.8 Å². The van der Waals surface area contributed by atoms with Crippen LogP contribution in [0.2, 0.25) is 0 Å². The van der Waals surface area contributed by atoms with Crippen LogP contribution in [0.5, 0.6) is 5.75 Å². The second-order valence-electron chi connectivity index (χ2n) is 4.81. The molecular formula is C17H22N2O. The lowest BCUT2D eigenvalue weighted by atomic mass is 10.1. The Labute approximate surface area is 120 Å². The van der Waals surface area contributed by atoms with Gasteiger partial charge in [-0.05, 0) is 41.8 Å². The number of methoxy groups -OCH3 is 1. The molecule has 0 unspecified atom stereocenters. The number of rotatable bonds is 7. The highest BCUT2D eigenvalue weighted by molar-refractivity contribution is 5.28. The van der Waals surface area contributed by atoms with Gasteiger partial charge in [0.2, 0.25) is 0 Å². The molecule has 0 aliphatic carbocycles. The average molecular weight is 270 g/mol. The Morgan fingerprint density at radius 2 is 1.60 bits per heavy atom. The van der Waals surface area contributed by atoms with Crippen molar-refractivity contribution in [3.05, 3.63) is 65.2 Å². The van der Waals surface area contributed by atoms with Crippen molar-refractivity contribution in [1.29, 1.82) is 0 Å². The Morgan fingerprint density at radius 3 is 2.30 bits per heavy atom. The first-order chi connectivity index (χ1) is 9.81. The first kappa shape index (κ1) is 14.6. The van der Waals surface area contributed by atoms with E-state index >= 15 is 0 Å². The number of hydrogen-bond acceptors (Lipinski definition) is 3. The van der Waals surface area contributed by atoms with Crippen molar-refractivity contribution >= 4 is 0 Å². The maximum atomic E-state index is 5.59. The van der Waals surface area contributed by atoms with Gasteiger partial charge in [0.25, 0.3) is 0 Å². The van der Waals surface area contributed by atoms with Gasteiger partial charge in [0, 0.05) is 13.1 Å². The molecule has 2 rings (SSSR count). The Morgan fingerprint density at radius 1 is 0.950 bits per heavy atom. The summed E-state index contributed by atoms with van der Waals surface area (Å²) >= 11 is 0. The molecule has 20 heavy (non-hydrogen) atoms.